The molecule has 0 aromatic heterocycles. The Balaban J connectivity index is 0. The van der Waals surface area contributed by atoms with Crippen LogP contribution in [0.15, 0.2) is 0 Å². The van der Waals surface area contributed by atoms with Gasteiger partial charge in [0.1, 0.15) is 0 Å². The molecule has 9 heavy (non-hydrogen) atoms. The fraction of sp³-hybridized carbons (Fsp3) is 0. The number of hydrogen-bond donors (Lipinski definition) is 0. The largest absolute Gasteiger partial charge is 0 e. The van der Waals surface area contributed by atoms with Gasteiger partial charge in [-0.25, -0.2) is 0 Å². The van der Waals surface area contributed by atoms with E-state index in [0.717, 1.165) is 0 Å². The van der Waals surface area contributed by atoms with Crippen molar-refractivity contribution in [3.05, 3.63) is 0 Å². The first-order valence-corrected chi connectivity index (χ1v) is 0. The minimum absolute atomic E-state index is 0. The van der Waals surface area contributed by atoms with E-state index in [1.807, 2.05) is 0 Å². The molecular formula is Co8Sm. The van der Waals surface area contributed by atoms with Crippen LogP contribution in [0.4, 0.5) is 0 Å². The summed E-state index contributed by atoms with van der Waals surface area (Å²) in [6.07, 6.45) is 0. The van der Waals surface area contributed by atoms with Gasteiger partial charge in [0.05, 0.1) is 0 Å². The average Bonchev–Trinajstić information content (AvgIpc) is 0. The van der Waals surface area contributed by atoms with Crippen LogP contribution in [0, 0.1) is 40.4 Å². The smallest absolute Gasteiger partial charge is 0 e. The van der Waals surface area contributed by atoms with Crippen LogP contribution >= 0.6 is 0 Å². The van der Waals surface area contributed by atoms with Gasteiger partial charge in [0.25, 0.3) is 0 Å². The molecule has 0 aromatic carbocycles. The van der Waals surface area contributed by atoms with Gasteiger partial charge in [-0.15, -0.1) is 0 Å². The van der Waals surface area contributed by atoms with Crippen LogP contribution < -0.4 is 0 Å². The van der Waals surface area contributed by atoms with Crippen molar-refractivity contribution in [2.75, 3.05) is 0 Å². The Hall–Kier alpha value is 5.39. The van der Waals surface area contributed by atoms with Crippen LogP contribution in [-0.4, -0.2) is 0 Å². The van der Waals surface area contributed by atoms with E-state index in [1.54, 1.807) is 0 Å². The summed E-state index contributed by atoms with van der Waals surface area (Å²) in [7, 11) is 0. The third-order valence-electron chi connectivity index (χ3n) is 0. The molecule has 0 saturated heterocycles. The van der Waals surface area contributed by atoms with Gasteiger partial charge >= 0.3 is 0 Å². The molecule has 0 unspecified atom stereocenters. The first kappa shape index (κ1) is 88.8. The monoisotopic (exact) mass is 623 g/mol. The van der Waals surface area contributed by atoms with Crippen molar-refractivity contribution in [3.8, 4) is 0 Å². The zero-order valence-electron chi connectivity index (χ0n) is 3.07. The average molecular weight is 622 g/mol. The van der Waals surface area contributed by atoms with Crippen molar-refractivity contribution >= 4 is 0 Å². The second kappa shape index (κ2) is 70.8. The molecule has 78 valence electrons. The first-order chi connectivity index (χ1) is 0. The maximum atomic E-state index is 0. The Morgan fingerprint density at radius 2 is 0.222 bits per heavy atom. The van der Waals surface area contributed by atoms with E-state index in [1.165, 1.54) is 0 Å². The zero-order valence-corrected chi connectivity index (χ0v) is 14.0. The molecule has 9 heteroatoms. The van der Waals surface area contributed by atoms with Crippen molar-refractivity contribution < 1.29 is 175 Å². The summed E-state index contributed by atoms with van der Waals surface area (Å²) in [6, 6.07) is 0. The van der Waals surface area contributed by atoms with Gasteiger partial charge in [0, 0.05) is 175 Å². The molecule has 0 aliphatic heterocycles. The quantitative estimate of drug-likeness (QED) is 0.357. The summed E-state index contributed by atoms with van der Waals surface area (Å²) in [5, 5.41) is 0. The summed E-state index contributed by atoms with van der Waals surface area (Å²) in [4.78, 5) is 0. The summed E-state index contributed by atoms with van der Waals surface area (Å²) in [6.45, 7) is 0. The molecule has 0 saturated carbocycles. The molecule has 0 aliphatic carbocycles. The van der Waals surface area contributed by atoms with E-state index >= 15 is 0 Å². The molecule has 0 aromatic rings. The van der Waals surface area contributed by atoms with Crippen LogP contribution in [-0.2, 0) is 134 Å². The van der Waals surface area contributed by atoms with Crippen molar-refractivity contribution in [3.63, 3.8) is 0 Å². The summed E-state index contributed by atoms with van der Waals surface area (Å²) in [5.41, 5.74) is 0. The van der Waals surface area contributed by atoms with Gasteiger partial charge in [-0.3, -0.25) is 0 Å². The van der Waals surface area contributed by atoms with Gasteiger partial charge < -0.3 is 0 Å². The van der Waals surface area contributed by atoms with E-state index < -0.39 is 0 Å². The van der Waals surface area contributed by atoms with Crippen molar-refractivity contribution in [1.82, 2.24) is 0 Å². The number of hydrogen-bond acceptors (Lipinski definition) is 0. The van der Waals surface area contributed by atoms with E-state index in [9.17, 15) is 0 Å². The Bertz CT molecular complexity index is 4.53. The summed E-state index contributed by atoms with van der Waals surface area (Å²) >= 11 is 0. The molecule has 0 aliphatic rings. The molecule has 0 rings (SSSR count). The van der Waals surface area contributed by atoms with Crippen molar-refractivity contribution in [1.29, 1.82) is 0 Å². The summed E-state index contributed by atoms with van der Waals surface area (Å²) < 4.78 is 0. The maximum Gasteiger partial charge on any atom is 0 e. The first-order valence-electron chi connectivity index (χ1n) is 0. The van der Waals surface area contributed by atoms with Gasteiger partial charge in [-0.2, -0.15) is 0 Å². The molecule has 8 radical (unpaired) electrons. The Kier molecular flexibility index (Phi) is 698. The molecule has 0 spiro atoms. The Morgan fingerprint density at radius 3 is 0.222 bits per heavy atom. The molecular weight excluding hydrogens is 622 g/mol. The molecule has 0 N–H and O–H groups in total. The minimum atomic E-state index is 0. The van der Waals surface area contributed by atoms with E-state index in [4.69, 9.17) is 0 Å². The fourth-order valence-electron chi connectivity index (χ4n) is 0. The van der Waals surface area contributed by atoms with Crippen LogP contribution in [0.5, 0.6) is 0 Å². The molecule has 0 fully saturated rings. The standard InChI is InChI=1S/8Co.Sm. The molecule has 0 atom stereocenters. The third kappa shape index (κ3) is 59.8. The van der Waals surface area contributed by atoms with Crippen LogP contribution in [0.25, 0.3) is 0 Å². The summed E-state index contributed by atoms with van der Waals surface area (Å²) in [5.74, 6) is 0. The normalized spacial score (nSPS) is 0. The molecule has 0 heterocycles. The SMILES string of the molecule is [Co].[Co].[Co].[Co].[Co].[Co].[Co].[Co].[Sm]. The fourth-order valence-corrected chi connectivity index (χ4v) is 0. The van der Waals surface area contributed by atoms with Crippen molar-refractivity contribution in [2.24, 2.45) is 0 Å². The molecule has 0 bridgehead atoms. The topological polar surface area (TPSA) is 0 Å². The maximum absolute atomic E-state index is 0. The van der Waals surface area contributed by atoms with E-state index in [2.05, 4.69) is 0 Å². The van der Waals surface area contributed by atoms with Crippen molar-refractivity contribution in [2.45, 2.75) is 0 Å². The minimum Gasteiger partial charge on any atom is 0 e. The molecule has 0 amide bonds. The van der Waals surface area contributed by atoms with Gasteiger partial charge in [0.2, 0.25) is 0 Å². The molecule has 0 nitrogen and oxygen atoms in total. The van der Waals surface area contributed by atoms with E-state index in [-0.39, 0.29) is 175 Å². The predicted octanol–water partition coefficient (Wildman–Crippen LogP) is -0.0200. The van der Waals surface area contributed by atoms with Crippen LogP contribution in [0.1, 0.15) is 0 Å². The number of rotatable bonds is 0. The van der Waals surface area contributed by atoms with Gasteiger partial charge in [-0.05, 0) is 0 Å². The Labute approximate surface area is 171 Å². The van der Waals surface area contributed by atoms with Gasteiger partial charge in [-0.1, -0.05) is 0 Å². The van der Waals surface area contributed by atoms with Crippen LogP contribution in [0.3, 0.4) is 0 Å². The van der Waals surface area contributed by atoms with E-state index in [0.29, 0.717) is 0 Å². The third-order valence-corrected chi connectivity index (χ3v) is 0. The van der Waals surface area contributed by atoms with Crippen LogP contribution in [0.2, 0.25) is 0 Å². The Morgan fingerprint density at radius 1 is 0.222 bits per heavy atom. The second-order valence-electron chi connectivity index (χ2n) is 0. The van der Waals surface area contributed by atoms with Gasteiger partial charge in [0.15, 0.2) is 0 Å². The zero-order chi connectivity index (χ0) is 0. The predicted molar refractivity (Wildman–Crippen MR) is 0 cm³/mol. The second-order valence-corrected chi connectivity index (χ2v) is 0.